The maximum absolute atomic E-state index is 15.4. The molecule has 2 amide bonds. The molecular weight excluding hydrogens is 601 g/mol. The Morgan fingerprint density at radius 2 is 1.81 bits per heavy atom. The lowest BCUT2D eigenvalue weighted by molar-refractivity contribution is -0.0686. The molecule has 4 aromatic rings. The van der Waals surface area contributed by atoms with Gasteiger partial charge in [-0.2, -0.15) is 10.4 Å². The predicted octanol–water partition coefficient (Wildman–Crippen LogP) is 5.39. The van der Waals surface area contributed by atoms with E-state index in [2.05, 4.69) is 28.3 Å². The Morgan fingerprint density at radius 1 is 1.09 bits per heavy atom. The van der Waals surface area contributed by atoms with Crippen molar-refractivity contribution < 1.29 is 23.5 Å². The molecule has 0 atom stereocenters. The van der Waals surface area contributed by atoms with Crippen LogP contribution < -0.4 is 15.0 Å². The standard InChI is InChI=1S/C35H38FN7O4/c1-33(2,3)47-32(45)42-21-35(36,22-42)23-46-27-16-28(30-26(17-37)19-39-43(30)20-27)25-10-11-29(38-18-25)41-14-12-34(4,13-15-41)40-31(44)24-8-6-5-7-9-24/h5-11,16,18-20H,12-15,21-23H2,1-4H3,(H,40,44). The number of carbonyl (C=O) groups is 2. The van der Waals surface area contributed by atoms with Crippen molar-refractivity contribution in [3.05, 3.63) is 78.2 Å². The molecule has 2 saturated heterocycles. The summed E-state index contributed by atoms with van der Waals surface area (Å²) in [5.41, 5.74) is 0.332. The van der Waals surface area contributed by atoms with E-state index in [4.69, 9.17) is 14.5 Å². The van der Waals surface area contributed by atoms with Gasteiger partial charge in [0.2, 0.25) is 0 Å². The number of ether oxygens (including phenoxy) is 2. The van der Waals surface area contributed by atoms with E-state index in [0.717, 1.165) is 37.3 Å². The number of amides is 2. The summed E-state index contributed by atoms with van der Waals surface area (Å²) in [6.07, 6.45) is 5.81. The number of pyridine rings is 2. The number of nitriles is 1. The molecule has 1 N–H and O–H groups in total. The third-order valence-corrected chi connectivity index (χ3v) is 8.51. The van der Waals surface area contributed by atoms with Crippen molar-refractivity contribution in [2.24, 2.45) is 0 Å². The number of carbonyl (C=O) groups excluding carboxylic acids is 2. The smallest absolute Gasteiger partial charge is 0.410 e. The van der Waals surface area contributed by atoms with Gasteiger partial charge in [0, 0.05) is 41.5 Å². The van der Waals surface area contributed by atoms with E-state index >= 15 is 4.39 Å². The minimum Gasteiger partial charge on any atom is -0.488 e. The van der Waals surface area contributed by atoms with E-state index in [-0.39, 0.29) is 31.1 Å². The number of likely N-dealkylation sites (tertiary alicyclic amines) is 1. The van der Waals surface area contributed by atoms with Crippen LogP contribution in [0.4, 0.5) is 15.0 Å². The molecule has 0 aliphatic carbocycles. The summed E-state index contributed by atoms with van der Waals surface area (Å²) in [6, 6.07) is 17.0. The molecule has 2 aliphatic heterocycles. The van der Waals surface area contributed by atoms with Crippen LogP contribution in [-0.2, 0) is 4.74 Å². The molecule has 0 bridgehead atoms. The predicted molar refractivity (Wildman–Crippen MR) is 174 cm³/mol. The van der Waals surface area contributed by atoms with Crippen molar-refractivity contribution in [2.75, 3.05) is 37.7 Å². The van der Waals surface area contributed by atoms with E-state index in [1.165, 1.54) is 11.1 Å². The Kier molecular flexibility index (Phi) is 8.26. The zero-order valence-electron chi connectivity index (χ0n) is 27.0. The molecule has 11 nitrogen and oxygen atoms in total. The second-order valence-electron chi connectivity index (χ2n) is 13.6. The number of nitrogens with zero attached hydrogens (tertiary/aromatic N) is 6. The van der Waals surface area contributed by atoms with Crippen LogP contribution in [0.5, 0.6) is 5.75 Å². The van der Waals surface area contributed by atoms with Crippen LogP contribution >= 0.6 is 0 Å². The van der Waals surface area contributed by atoms with Gasteiger partial charge in [0.05, 0.1) is 36.6 Å². The second kappa shape index (κ2) is 12.2. The van der Waals surface area contributed by atoms with Gasteiger partial charge in [0.25, 0.3) is 5.91 Å². The average molecular weight is 640 g/mol. The molecule has 47 heavy (non-hydrogen) atoms. The number of piperidine rings is 1. The molecule has 3 aromatic heterocycles. The highest BCUT2D eigenvalue weighted by Gasteiger charge is 2.48. The number of rotatable bonds is 7. The number of alkyl halides is 1. The molecular formula is C35H38FN7O4. The molecule has 2 fully saturated rings. The molecule has 244 valence electrons. The van der Waals surface area contributed by atoms with Gasteiger partial charge in [-0.25, -0.2) is 18.7 Å². The van der Waals surface area contributed by atoms with Crippen molar-refractivity contribution in [1.29, 1.82) is 5.26 Å². The average Bonchev–Trinajstić information content (AvgIpc) is 3.45. The maximum Gasteiger partial charge on any atom is 0.410 e. The fraction of sp³-hybridized carbons (Fsp3) is 0.400. The molecule has 0 saturated carbocycles. The number of hydrogen-bond donors (Lipinski definition) is 1. The molecule has 0 unspecified atom stereocenters. The molecule has 5 heterocycles. The largest absolute Gasteiger partial charge is 0.488 e. The summed E-state index contributed by atoms with van der Waals surface area (Å²) in [5.74, 6) is 1.10. The molecule has 0 spiro atoms. The minimum absolute atomic E-state index is 0.0738. The van der Waals surface area contributed by atoms with Gasteiger partial charge >= 0.3 is 6.09 Å². The third kappa shape index (κ3) is 6.99. The lowest BCUT2D eigenvalue weighted by Gasteiger charge is -2.43. The first-order valence-corrected chi connectivity index (χ1v) is 15.6. The van der Waals surface area contributed by atoms with Crippen LogP contribution in [0.15, 0.2) is 67.1 Å². The lowest BCUT2D eigenvalue weighted by atomic mass is 9.89. The minimum atomic E-state index is -1.72. The third-order valence-electron chi connectivity index (χ3n) is 8.51. The molecule has 0 radical (unpaired) electrons. The summed E-state index contributed by atoms with van der Waals surface area (Å²) in [6.45, 7) is 8.30. The van der Waals surface area contributed by atoms with Gasteiger partial charge in [-0.15, -0.1) is 0 Å². The fourth-order valence-corrected chi connectivity index (χ4v) is 5.90. The molecule has 6 rings (SSSR count). The first-order chi connectivity index (χ1) is 22.3. The number of anilines is 1. The Hall–Kier alpha value is -5.18. The normalized spacial score (nSPS) is 17.0. The maximum atomic E-state index is 15.4. The van der Waals surface area contributed by atoms with Crippen LogP contribution in [0, 0.1) is 11.3 Å². The SMILES string of the molecule is CC1(NC(=O)c2ccccc2)CCN(c2ccc(-c3cc(OCC4(F)CN(C(=O)OC(C)(C)C)C4)cn4ncc(C#N)c34)cn2)CC1. The molecule has 1 aromatic carbocycles. The lowest BCUT2D eigenvalue weighted by Crippen LogP contribution is -2.64. The van der Waals surface area contributed by atoms with Crippen LogP contribution in [0.3, 0.4) is 0 Å². The van der Waals surface area contributed by atoms with Crippen molar-refractivity contribution in [3.8, 4) is 22.9 Å². The highest BCUT2D eigenvalue weighted by molar-refractivity contribution is 5.94. The van der Waals surface area contributed by atoms with Gasteiger partial charge in [-0.3, -0.25) is 4.79 Å². The fourth-order valence-electron chi connectivity index (χ4n) is 5.90. The van der Waals surface area contributed by atoms with Crippen molar-refractivity contribution in [2.45, 2.75) is 57.3 Å². The monoisotopic (exact) mass is 639 g/mol. The number of benzene rings is 1. The van der Waals surface area contributed by atoms with Crippen LogP contribution in [0.1, 0.15) is 56.5 Å². The quantitative estimate of drug-likeness (QED) is 0.285. The van der Waals surface area contributed by atoms with Crippen LogP contribution in [0.25, 0.3) is 16.6 Å². The number of nitrogens with one attached hydrogen (secondary N) is 1. The van der Waals surface area contributed by atoms with E-state index in [0.29, 0.717) is 28.0 Å². The summed E-state index contributed by atoms with van der Waals surface area (Å²) in [7, 11) is 0. The topological polar surface area (TPSA) is 125 Å². The zero-order valence-corrected chi connectivity index (χ0v) is 27.0. The van der Waals surface area contributed by atoms with Gasteiger partial charge in [-0.1, -0.05) is 18.2 Å². The highest BCUT2D eigenvalue weighted by Crippen LogP contribution is 2.34. The highest BCUT2D eigenvalue weighted by atomic mass is 19.1. The summed E-state index contributed by atoms with van der Waals surface area (Å²) in [4.78, 5) is 33.3. The van der Waals surface area contributed by atoms with Crippen LogP contribution in [0.2, 0.25) is 0 Å². The Morgan fingerprint density at radius 3 is 2.45 bits per heavy atom. The van der Waals surface area contributed by atoms with Gasteiger partial charge in [0.15, 0.2) is 5.67 Å². The van der Waals surface area contributed by atoms with Gasteiger partial charge in [-0.05, 0) is 70.9 Å². The summed E-state index contributed by atoms with van der Waals surface area (Å²) >= 11 is 0. The first-order valence-electron chi connectivity index (χ1n) is 15.6. The Bertz CT molecular complexity index is 1810. The molecule has 2 aliphatic rings. The second-order valence-corrected chi connectivity index (χ2v) is 13.6. The number of aromatic nitrogens is 3. The number of fused-ring (bicyclic) bond motifs is 1. The van der Waals surface area contributed by atoms with Gasteiger partial charge in [0.1, 0.15) is 29.8 Å². The Labute approximate surface area is 272 Å². The van der Waals surface area contributed by atoms with Crippen molar-refractivity contribution in [1.82, 2.24) is 24.8 Å². The van der Waals surface area contributed by atoms with Crippen LogP contribution in [-0.4, -0.2) is 81.1 Å². The van der Waals surface area contributed by atoms with Crippen molar-refractivity contribution in [3.63, 3.8) is 0 Å². The summed E-state index contributed by atoms with van der Waals surface area (Å²) in [5, 5.41) is 17.3. The molecule has 12 heteroatoms. The van der Waals surface area contributed by atoms with E-state index < -0.39 is 17.4 Å². The van der Waals surface area contributed by atoms with Gasteiger partial charge < -0.3 is 24.6 Å². The van der Waals surface area contributed by atoms with E-state index in [9.17, 15) is 14.9 Å². The Balaban J connectivity index is 1.13. The van der Waals surface area contributed by atoms with E-state index in [1.807, 2.05) is 42.5 Å². The number of halogens is 1. The number of hydrogen-bond acceptors (Lipinski definition) is 8. The summed E-state index contributed by atoms with van der Waals surface area (Å²) < 4.78 is 28.1. The van der Waals surface area contributed by atoms with E-state index in [1.54, 1.807) is 43.7 Å². The van der Waals surface area contributed by atoms with Crippen molar-refractivity contribution >= 4 is 23.3 Å². The first kappa shape index (κ1) is 31.8. The zero-order chi connectivity index (χ0) is 33.4.